The first-order valence-electron chi connectivity index (χ1n) is 12.7. The van der Waals surface area contributed by atoms with Crippen molar-refractivity contribution < 1.29 is 22.7 Å². The van der Waals surface area contributed by atoms with Crippen molar-refractivity contribution in [2.45, 2.75) is 51.2 Å². The van der Waals surface area contributed by atoms with Crippen LogP contribution in [0.25, 0.3) is 10.9 Å². The lowest BCUT2D eigenvalue weighted by Crippen LogP contribution is -2.37. The van der Waals surface area contributed by atoms with Crippen LogP contribution in [0.2, 0.25) is 0 Å². The van der Waals surface area contributed by atoms with Gasteiger partial charge in [-0.05, 0) is 38.2 Å². The lowest BCUT2D eigenvalue weighted by atomic mass is 9.93. The minimum atomic E-state index is -3.71. The van der Waals surface area contributed by atoms with E-state index in [4.69, 9.17) is 14.5 Å². The van der Waals surface area contributed by atoms with Crippen LogP contribution in [-0.2, 0) is 14.8 Å². The molecule has 2 fully saturated rings. The molecule has 0 spiro atoms. The van der Waals surface area contributed by atoms with Gasteiger partial charge in [-0.1, -0.05) is 6.92 Å². The van der Waals surface area contributed by atoms with Crippen LogP contribution in [-0.4, -0.2) is 72.0 Å². The first-order chi connectivity index (χ1) is 17.9. The third-order valence-electron chi connectivity index (χ3n) is 6.82. The molecular formula is C25H32N6O5S. The summed E-state index contributed by atoms with van der Waals surface area (Å²) in [5, 5.41) is 0.578. The molecule has 1 aliphatic carbocycles. The monoisotopic (exact) mass is 528 g/mol. The smallest absolute Gasteiger partial charge is 0.266 e. The number of ether oxygens (including phenoxy) is 2. The van der Waals surface area contributed by atoms with Gasteiger partial charge in [0.25, 0.3) is 5.91 Å². The van der Waals surface area contributed by atoms with Crippen LogP contribution in [0.5, 0.6) is 5.88 Å². The van der Waals surface area contributed by atoms with E-state index in [1.54, 1.807) is 19.2 Å². The van der Waals surface area contributed by atoms with Crippen LogP contribution < -0.4 is 14.4 Å². The molecule has 198 valence electrons. The van der Waals surface area contributed by atoms with E-state index in [1.165, 1.54) is 6.20 Å². The summed E-state index contributed by atoms with van der Waals surface area (Å²) in [4.78, 5) is 28.3. The highest BCUT2D eigenvalue weighted by Gasteiger charge is 2.26. The highest BCUT2D eigenvalue weighted by molar-refractivity contribution is 7.90. The number of hydrogen-bond acceptors (Lipinski definition) is 9. The molecule has 0 atom stereocenters. The number of anilines is 1. The Bertz CT molecular complexity index is 1330. The number of morpholine rings is 1. The van der Waals surface area contributed by atoms with E-state index >= 15 is 0 Å². The second kappa shape index (κ2) is 11.0. The number of fused-ring (bicyclic) bond motifs is 1. The van der Waals surface area contributed by atoms with Crippen molar-refractivity contribution >= 4 is 32.7 Å². The van der Waals surface area contributed by atoms with Crippen LogP contribution in [0.1, 0.15) is 55.4 Å². The van der Waals surface area contributed by atoms with Gasteiger partial charge in [0.1, 0.15) is 11.9 Å². The fourth-order valence-electron chi connectivity index (χ4n) is 4.87. The molecule has 3 aromatic rings. The molecule has 0 unspecified atom stereocenters. The number of pyridine rings is 2. The molecule has 0 bridgehead atoms. The van der Waals surface area contributed by atoms with Gasteiger partial charge in [-0.2, -0.15) is 4.98 Å². The van der Waals surface area contributed by atoms with Crippen LogP contribution >= 0.6 is 0 Å². The predicted octanol–water partition coefficient (Wildman–Crippen LogP) is 2.70. The van der Waals surface area contributed by atoms with E-state index in [9.17, 15) is 13.2 Å². The number of nitrogens with zero attached hydrogens (tertiary/aromatic N) is 5. The Morgan fingerprint density at radius 1 is 1.19 bits per heavy atom. The predicted molar refractivity (Wildman–Crippen MR) is 138 cm³/mol. The zero-order valence-corrected chi connectivity index (χ0v) is 21.7. The highest BCUT2D eigenvalue weighted by Crippen LogP contribution is 2.34. The SMILES string of the molecule is CCCS(=O)(=O)NC(=O)c1cnc2cc(N3CCOCC3)nc(O[C@H]3CC[C@@H](n4ccnc4)CC3)c2c1. The summed E-state index contributed by atoms with van der Waals surface area (Å²) in [5.41, 5.74) is 0.772. The third-order valence-corrected chi connectivity index (χ3v) is 8.26. The second-order valence-corrected chi connectivity index (χ2v) is 11.3. The molecule has 1 aliphatic heterocycles. The maximum absolute atomic E-state index is 12.7. The van der Waals surface area contributed by atoms with Crippen molar-refractivity contribution in [3.63, 3.8) is 0 Å². The zero-order valence-electron chi connectivity index (χ0n) is 20.9. The van der Waals surface area contributed by atoms with E-state index in [0.29, 0.717) is 55.5 Å². The first-order valence-corrected chi connectivity index (χ1v) is 14.4. The van der Waals surface area contributed by atoms with Gasteiger partial charge in [0, 0.05) is 43.8 Å². The van der Waals surface area contributed by atoms with Crippen LogP contribution in [0.15, 0.2) is 37.1 Å². The Balaban J connectivity index is 1.42. The van der Waals surface area contributed by atoms with E-state index in [1.807, 2.05) is 18.6 Å². The molecule has 11 nitrogen and oxygen atoms in total. The molecule has 37 heavy (non-hydrogen) atoms. The van der Waals surface area contributed by atoms with E-state index < -0.39 is 15.9 Å². The fourth-order valence-corrected chi connectivity index (χ4v) is 5.91. The Kier molecular flexibility index (Phi) is 7.56. The highest BCUT2D eigenvalue weighted by atomic mass is 32.2. The number of imidazole rings is 1. The van der Waals surface area contributed by atoms with Gasteiger partial charge in [0.2, 0.25) is 15.9 Å². The van der Waals surface area contributed by atoms with Crippen molar-refractivity contribution in [3.05, 3.63) is 42.6 Å². The summed E-state index contributed by atoms with van der Waals surface area (Å²) in [5.74, 6) is 0.309. The number of amides is 1. The molecular weight excluding hydrogens is 496 g/mol. The molecule has 12 heteroatoms. The number of aromatic nitrogens is 4. The number of carbonyl (C=O) groups excluding carboxylic acids is 1. The molecule has 2 aliphatic rings. The molecule has 0 radical (unpaired) electrons. The summed E-state index contributed by atoms with van der Waals surface area (Å²) < 4.78 is 40.5. The average Bonchev–Trinajstić information content (AvgIpc) is 3.44. The lowest BCUT2D eigenvalue weighted by Gasteiger charge is -2.31. The Morgan fingerprint density at radius 2 is 1.97 bits per heavy atom. The summed E-state index contributed by atoms with van der Waals surface area (Å²) in [7, 11) is -3.71. The minimum Gasteiger partial charge on any atom is -0.474 e. The van der Waals surface area contributed by atoms with E-state index in [2.05, 4.69) is 24.2 Å². The fraction of sp³-hybridized carbons (Fsp3) is 0.520. The molecule has 3 aromatic heterocycles. The number of nitrogens with one attached hydrogen (secondary N) is 1. The van der Waals surface area contributed by atoms with Gasteiger partial charge in [-0.25, -0.2) is 18.1 Å². The molecule has 1 amide bonds. The number of hydrogen-bond donors (Lipinski definition) is 1. The van der Waals surface area contributed by atoms with Crippen molar-refractivity contribution in [2.24, 2.45) is 0 Å². The Morgan fingerprint density at radius 3 is 2.68 bits per heavy atom. The van der Waals surface area contributed by atoms with Gasteiger partial charge in [-0.15, -0.1) is 0 Å². The molecule has 1 saturated heterocycles. The number of sulfonamides is 1. The second-order valence-electron chi connectivity index (χ2n) is 9.48. The molecule has 5 rings (SSSR count). The largest absolute Gasteiger partial charge is 0.474 e. The van der Waals surface area contributed by atoms with Gasteiger partial charge in [-0.3, -0.25) is 9.78 Å². The topological polar surface area (TPSA) is 129 Å². The standard InChI is InChI=1S/C25H32N6O5S/c1-2-13-37(33,34)29-24(32)18-14-21-22(27-16-18)15-23(30-9-11-35-12-10-30)28-25(21)36-20-5-3-19(4-6-20)31-8-7-26-17-31/h7-8,14-17,19-20H,2-6,9-13H2,1H3,(H,29,32)/t19-,20+. The summed E-state index contributed by atoms with van der Waals surface area (Å²) in [6, 6.07) is 3.88. The van der Waals surface area contributed by atoms with Gasteiger partial charge < -0.3 is 18.9 Å². The summed E-state index contributed by atoms with van der Waals surface area (Å²) in [6.07, 6.45) is 11.1. The van der Waals surface area contributed by atoms with Gasteiger partial charge in [0.15, 0.2) is 0 Å². The van der Waals surface area contributed by atoms with E-state index in [0.717, 1.165) is 31.5 Å². The maximum Gasteiger partial charge on any atom is 0.266 e. The first kappa shape index (κ1) is 25.4. The van der Waals surface area contributed by atoms with Crippen molar-refractivity contribution in [1.82, 2.24) is 24.2 Å². The Hall–Kier alpha value is -3.25. The van der Waals surface area contributed by atoms with Crippen LogP contribution in [0.4, 0.5) is 5.82 Å². The summed E-state index contributed by atoms with van der Waals surface area (Å²) in [6.45, 7) is 4.40. The number of rotatable bonds is 8. The Labute approximate surface area is 216 Å². The molecule has 0 aromatic carbocycles. The summed E-state index contributed by atoms with van der Waals surface area (Å²) >= 11 is 0. The van der Waals surface area contributed by atoms with Gasteiger partial charge >= 0.3 is 0 Å². The van der Waals surface area contributed by atoms with Crippen molar-refractivity contribution in [1.29, 1.82) is 0 Å². The molecule has 1 saturated carbocycles. The normalized spacial score (nSPS) is 20.6. The van der Waals surface area contributed by atoms with Gasteiger partial charge in [0.05, 0.1) is 41.8 Å². The lowest BCUT2D eigenvalue weighted by molar-refractivity contribution is 0.0981. The minimum absolute atomic E-state index is 0.0298. The molecule has 1 N–H and O–H groups in total. The average molecular weight is 529 g/mol. The zero-order chi connectivity index (χ0) is 25.8. The maximum atomic E-state index is 12.7. The van der Waals surface area contributed by atoms with Crippen molar-refractivity contribution in [2.75, 3.05) is 37.0 Å². The van der Waals surface area contributed by atoms with Crippen molar-refractivity contribution in [3.8, 4) is 5.88 Å². The van der Waals surface area contributed by atoms with Crippen LogP contribution in [0.3, 0.4) is 0 Å². The van der Waals surface area contributed by atoms with Crippen LogP contribution in [0, 0.1) is 0 Å². The molecule has 4 heterocycles. The quantitative estimate of drug-likeness (QED) is 0.469. The third kappa shape index (κ3) is 6.02. The van der Waals surface area contributed by atoms with E-state index in [-0.39, 0.29) is 17.4 Å². The number of carbonyl (C=O) groups is 1.